The summed E-state index contributed by atoms with van der Waals surface area (Å²) in [7, 11) is -3.73. The van der Waals surface area contributed by atoms with Crippen molar-refractivity contribution in [1.29, 1.82) is 0 Å². The minimum atomic E-state index is -3.73. The van der Waals surface area contributed by atoms with Crippen molar-refractivity contribution in [2.45, 2.75) is 38.1 Å². The Kier molecular flexibility index (Phi) is 10.9. The normalized spacial score (nSPS) is 14.3. The van der Waals surface area contributed by atoms with E-state index < -0.39 is 28.4 Å². The van der Waals surface area contributed by atoms with Crippen LogP contribution in [-0.4, -0.2) is 51.3 Å². The molecule has 0 saturated heterocycles. The Morgan fingerprint density at radius 3 is 1.63 bits per heavy atom. The van der Waals surface area contributed by atoms with E-state index in [0.717, 1.165) is 22.9 Å². The molecule has 0 spiro atoms. The van der Waals surface area contributed by atoms with Crippen LogP contribution in [0.2, 0.25) is 0 Å². The molecular weight excluding hydrogens is 468 g/mol. The van der Waals surface area contributed by atoms with Crippen LogP contribution in [0.5, 0.6) is 0 Å². The first-order valence-electron chi connectivity index (χ1n) is 11.4. The molecule has 0 aliphatic carbocycles. The lowest BCUT2D eigenvalue weighted by Gasteiger charge is -2.31. The molecule has 0 unspecified atom stereocenters. The predicted octanol–water partition coefficient (Wildman–Crippen LogP) is 3.71. The second-order valence-electron chi connectivity index (χ2n) is 8.15. The zero-order chi connectivity index (χ0) is 24.9. The number of aliphatic hydroxyl groups excluding tert-OH is 1. The predicted molar refractivity (Wildman–Crippen MR) is 133 cm³/mol. The molecule has 8 heteroatoms. The molecule has 0 fully saturated rings. The molecule has 7 nitrogen and oxygen atoms in total. The molecule has 0 saturated carbocycles. The van der Waals surface area contributed by atoms with E-state index >= 15 is 0 Å². The summed E-state index contributed by atoms with van der Waals surface area (Å²) < 4.78 is 46.3. The number of rotatable bonds is 15. The zero-order valence-corrected chi connectivity index (χ0v) is 20.5. The Balaban J connectivity index is 1.72. The summed E-state index contributed by atoms with van der Waals surface area (Å²) >= 11 is 0. The maximum atomic E-state index is 11.7. The number of aliphatic hydroxyl groups is 1. The van der Waals surface area contributed by atoms with Gasteiger partial charge in [-0.25, -0.2) is 0 Å². The fourth-order valence-electron chi connectivity index (χ4n) is 3.41. The second-order valence-corrected chi connectivity index (χ2v) is 9.80. The van der Waals surface area contributed by atoms with E-state index in [0.29, 0.717) is 6.61 Å². The SMILES string of the molecule is CS(=O)(=O)OC[C@@H](OCc1ccccc1)[C@H](OCc1ccccc1)[C@@H](O)COCc1ccccc1. The quantitative estimate of drug-likeness (QED) is 0.318. The average molecular weight is 501 g/mol. The molecule has 0 aliphatic rings. The summed E-state index contributed by atoms with van der Waals surface area (Å²) in [5.74, 6) is 0. The summed E-state index contributed by atoms with van der Waals surface area (Å²) in [6.45, 7) is 0.380. The van der Waals surface area contributed by atoms with Crippen molar-refractivity contribution >= 4 is 10.1 Å². The largest absolute Gasteiger partial charge is 0.388 e. The lowest BCUT2D eigenvalue weighted by atomic mass is 10.1. The van der Waals surface area contributed by atoms with Gasteiger partial charge < -0.3 is 19.3 Å². The van der Waals surface area contributed by atoms with E-state index in [1.165, 1.54) is 0 Å². The molecule has 0 amide bonds. The van der Waals surface area contributed by atoms with Crippen molar-refractivity contribution in [1.82, 2.24) is 0 Å². The number of hydrogen-bond donors (Lipinski definition) is 1. The van der Waals surface area contributed by atoms with Gasteiger partial charge >= 0.3 is 0 Å². The molecule has 188 valence electrons. The van der Waals surface area contributed by atoms with Crippen molar-refractivity contribution in [3.8, 4) is 0 Å². The third-order valence-electron chi connectivity index (χ3n) is 5.18. The molecule has 0 heterocycles. The van der Waals surface area contributed by atoms with Crippen LogP contribution in [0.15, 0.2) is 91.0 Å². The van der Waals surface area contributed by atoms with E-state index in [1.54, 1.807) is 0 Å². The summed E-state index contributed by atoms with van der Waals surface area (Å²) in [5, 5.41) is 11.0. The highest BCUT2D eigenvalue weighted by Gasteiger charge is 2.32. The zero-order valence-electron chi connectivity index (χ0n) is 19.7. The van der Waals surface area contributed by atoms with Gasteiger partial charge in [0.1, 0.15) is 18.3 Å². The maximum Gasteiger partial charge on any atom is 0.264 e. The Hall–Kier alpha value is -2.59. The molecule has 3 rings (SSSR count). The van der Waals surface area contributed by atoms with Gasteiger partial charge in [0.25, 0.3) is 10.1 Å². The van der Waals surface area contributed by atoms with Gasteiger partial charge in [-0.3, -0.25) is 4.18 Å². The average Bonchev–Trinajstić information content (AvgIpc) is 2.86. The third-order valence-corrected chi connectivity index (χ3v) is 5.75. The molecule has 3 aromatic carbocycles. The van der Waals surface area contributed by atoms with Gasteiger partial charge in [-0.1, -0.05) is 91.0 Å². The van der Waals surface area contributed by atoms with Gasteiger partial charge in [0.2, 0.25) is 0 Å². The molecule has 1 N–H and O–H groups in total. The van der Waals surface area contributed by atoms with E-state index in [1.807, 2.05) is 91.0 Å². The Morgan fingerprint density at radius 2 is 1.14 bits per heavy atom. The van der Waals surface area contributed by atoms with Crippen molar-refractivity contribution < 1.29 is 31.9 Å². The number of ether oxygens (including phenoxy) is 3. The summed E-state index contributed by atoms with van der Waals surface area (Å²) in [6, 6.07) is 28.6. The molecule has 0 radical (unpaired) electrons. The summed E-state index contributed by atoms with van der Waals surface area (Å²) in [6.07, 6.45) is -1.90. The Labute approximate surface area is 207 Å². The van der Waals surface area contributed by atoms with Crippen LogP contribution >= 0.6 is 0 Å². The highest BCUT2D eigenvalue weighted by Crippen LogP contribution is 2.17. The highest BCUT2D eigenvalue weighted by molar-refractivity contribution is 7.85. The lowest BCUT2D eigenvalue weighted by molar-refractivity contribution is -0.155. The van der Waals surface area contributed by atoms with Crippen LogP contribution in [0.1, 0.15) is 16.7 Å². The second kappa shape index (κ2) is 14.1. The molecular formula is C27H32O7S. The molecule has 3 atom stereocenters. The minimum absolute atomic E-state index is 0.0293. The van der Waals surface area contributed by atoms with Gasteiger partial charge in [0.05, 0.1) is 39.3 Å². The van der Waals surface area contributed by atoms with Crippen LogP contribution in [0.4, 0.5) is 0 Å². The first-order valence-corrected chi connectivity index (χ1v) is 13.2. The van der Waals surface area contributed by atoms with Crippen LogP contribution in [-0.2, 0) is 48.3 Å². The smallest absolute Gasteiger partial charge is 0.264 e. The molecule has 0 aromatic heterocycles. The van der Waals surface area contributed by atoms with Crippen LogP contribution < -0.4 is 0 Å². The monoisotopic (exact) mass is 500 g/mol. The Bertz CT molecular complexity index is 1080. The maximum absolute atomic E-state index is 11.7. The summed E-state index contributed by atoms with van der Waals surface area (Å²) in [5.41, 5.74) is 2.77. The van der Waals surface area contributed by atoms with Gasteiger partial charge in [0, 0.05) is 0 Å². The van der Waals surface area contributed by atoms with E-state index in [-0.39, 0.29) is 26.4 Å². The number of hydrogen-bond acceptors (Lipinski definition) is 7. The van der Waals surface area contributed by atoms with Crippen LogP contribution in [0.25, 0.3) is 0 Å². The van der Waals surface area contributed by atoms with Gasteiger partial charge in [0.15, 0.2) is 0 Å². The van der Waals surface area contributed by atoms with E-state index in [9.17, 15) is 13.5 Å². The van der Waals surface area contributed by atoms with Crippen molar-refractivity contribution in [2.24, 2.45) is 0 Å². The van der Waals surface area contributed by atoms with Crippen LogP contribution in [0.3, 0.4) is 0 Å². The minimum Gasteiger partial charge on any atom is -0.388 e. The van der Waals surface area contributed by atoms with Crippen molar-refractivity contribution in [2.75, 3.05) is 19.5 Å². The lowest BCUT2D eigenvalue weighted by Crippen LogP contribution is -2.46. The molecule has 0 aliphatic heterocycles. The van der Waals surface area contributed by atoms with Gasteiger partial charge in [-0.05, 0) is 16.7 Å². The van der Waals surface area contributed by atoms with Gasteiger partial charge in [-0.15, -0.1) is 0 Å². The summed E-state index contributed by atoms with van der Waals surface area (Å²) in [4.78, 5) is 0. The van der Waals surface area contributed by atoms with E-state index in [2.05, 4.69) is 0 Å². The standard InChI is InChI=1S/C27H32O7S/c1-35(29,30)34-21-26(32-18-23-13-7-3-8-14-23)27(33-19-24-15-9-4-10-16-24)25(28)20-31-17-22-11-5-2-6-12-22/h2-16,25-28H,17-21H2,1H3/t25-,26+,27+/m0/s1. The first kappa shape index (κ1) is 27.0. The van der Waals surface area contributed by atoms with Gasteiger partial charge in [-0.2, -0.15) is 8.42 Å². The fraction of sp³-hybridized carbons (Fsp3) is 0.333. The van der Waals surface area contributed by atoms with Crippen molar-refractivity contribution in [3.63, 3.8) is 0 Å². The molecule has 0 bridgehead atoms. The van der Waals surface area contributed by atoms with Crippen LogP contribution in [0, 0.1) is 0 Å². The number of benzene rings is 3. The third kappa shape index (κ3) is 10.3. The van der Waals surface area contributed by atoms with E-state index in [4.69, 9.17) is 18.4 Å². The molecule has 3 aromatic rings. The van der Waals surface area contributed by atoms with Crippen molar-refractivity contribution in [3.05, 3.63) is 108 Å². The molecule has 35 heavy (non-hydrogen) atoms. The highest BCUT2D eigenvalue weighted by atomic mass is 32.2. The first-order chi connectivity index (χ1) is 16.9. The Morgan fingerprint density at radius 1 is 0.686 bits per heavy atom. The topological polar surface area (TPSA) is 91.3 Å². The fourth-order valence-corrected chi connectivity index (χ4v) is 3.79.